The number of nitrogens with one attached hydrogen (secondary N) is 1. The number of hydrogen-bond acceptors (Lipinski definition) is 4. The van der Waals surface area contributed by atoms with Crippen molar-refractivity contribution in [3.8, 4) is 12.3 Å². The number of aromatic nitrogens is 1. The van der Waals surface area contributed by atoms with Crippen LogP contribution in [-0.2, 0) is 11.3 Å². The third kappa shape index (κ3) is 4.67. The summed E-state index contributed by atoms with van der Waals surface area (Å²) in [5, 5.41) is 10.9. The van der Waals surface area contributed by atoms with E-state index in [1.165, 1.54) is 6.07 Å². The Labute approximate surface area is 152 Å². The summed E-state index contributed by atoms with van der Waals surface area (Å²) in [6, 6.07) is 12.5. The molecule has 0 saturated carbocycles. The molecule has 6 nitrogen and oxygen atoms in total. The first-order valence-corrected chi connectivity index (χ1v) is 8.52. The predicted molar refractivity (Wildman–Crippen MR) is 99.8 cm³/mol. The van der Waals surface area contributed by atoms with Crippen LogP contribution in [0.5, 0.6) is 0 Å². The van der Waals surface area contributed by atoms with Gasteiger partial charge in [-0.1, -0.05) is 18.2 Å². The molecule has 2 heterocycles. The summed E-state index contributed by atoms with van der Waals surface area (Å²) in [6.07, 6.45) is 9.25. The number of carbonyl (C=O) groups excluding carboxylic acids is 1. The maximum Gasteiger partial charge on any atom is 0.250 e. The standard InChI is InChI=1S/C20H20N4O2/c1-2-3-12-20(22-23-20)13-11-18(25)21-17-9-7-16(8-10-17)15-24-14-5-4-6-19(24)26/h1,4-10,14H,3,11-13,15H2,(H,21,25). The minimum Gasteiger partial charge on any atom is -0.326 e. The quantitative estimate of drug-likeness (QED) is 0.744. The fourth-order valence-electron chi connectivity index (χ4n) is 2.69. The van der Waals surface area contributed by atoms with E-state index in [1.54, 1.807) is 16.8 Å². The number of anilines is 1. The Morgan fingerprint density at radius 2 is 1.92 bits per heavy atom. The highest BCUT2D eigenvalue weighted by Crippen LogP contribution is 2.37. The normalized spacial score (nSPS) is 13.8. The first-order chi connectivity index (χ1) is 12.6. The number of benzene rings is 1. The van der Waals surface area contributed by atoms with Gasteiger partial charge in [-0.3, -0.25) is 9.59 Å². The van der Waals surface area contributed by atoms with Crippen molar-refractivity contribution >= 4 is 11.6 Å². The zero-order valence-electron chi connectivity index (χ0n) is 14.4. The molecule has 0 radical (unpaired) electrons. The van der Waals surface area contributed by atoms with E-state index in [0.717, 1.165) is 11.3 Å². The topological polar surface area (TPSA) is 75.8 Å². The Morgan fingerprint density at radius 3 is 2.58 bits per heavy atom. The van der Waals surface area contributed by atoms with Crippen LogP contribution in [0.2, 0.25) is 0 Å². The lowest BCUT2D eigenvalue weighted by Gasteiger charge is -2.10. The molecule has 0 fully saturated rings. The summed E-state index contributed by atoms with van der Waals surface area (Å²) in [7, 11) is 0. The van der Waals surface area contributed by atoms with Gasteiger partial charge in [0.05, 0.1) is 6.54 Å². The number of terminal acetylenes is 1. The van der Waals surface area contributed by atoms with Crippen molar-refractivity contribution in [1.29, 1.82) is 0 Å². The molecule has 1 N–H and O–H groups in total. The van der Waals surface area contributed by atoms with Crippen LogP contribution in [-0.4, -0.2) is 16.1 Å². The lowest BCUT2D eigenvalue weighted by atomic mass is 10.0. The smallest absolute Gasteiger partial charge is 0.250 e. The maximum atomic E-state index is 12.1. The van der Waals surface area contributed by atoms with E-state index < -0.39 is 5.66 Å². The van der Waals surface area contributed by atoms with Gasteiger partial charge in [0.15, 0.2) is 5.66 Å². The molecule has 0 unspecified atom stereocenters. The van der Waals surface area contributed by atoms with Crippen LogP contribution < -0.4 is 10.9 Å². The van der Waals surface area contributed by atoms with Gasteiger partial charge in [-0.05, 0) is 23.8 Å². The second kappa shape index (κ2) is 7.79. The van der Waals surface area contributed by atoms with Crippen LogP contribution in [0.25, 0.3) is 0 Å². The number of pyridine rings is 1. The van der Waals surface area contributed by atoms with Gasteiger partial charge in [-0.25, -0.2) is 0 Å². The number of rotatable bonds is 8. The average Bonchev–Trinajstić information content (AvgIpc) is 3.42. The zero-order valence-corrected chi connectivity index (χ0v) is 14.4. The predicted octanol–water partition coefficient (Wildman–Crippen LogP) is 3.19. The molecule has 132 valence electrons. The first kappa shape index (κ1) is 17.6. The van der Waals surface area contributed by atoms with Gasteiger partial charge in [0.2, 0.25) is 5.91 Å². The van der Waals surface area contributed by atoms with E-state index in [4.69, 9.17) is 6.42 Å². The third-order valence-electron chi connectivity index (χ3n) is 4.29. The number of carbonyl (C=O) groups is 1. The monoisotopic (exact) mass is 348 g/mol. The summed E-state index contributed by atoms with van der Waals surface area (Å²) < 4.78 is 1.63. The van der Waals surface area contributed by atoms with Crippen LogP contribution in [0.4, 0.5) is 5.69 Å². The van der Waals surface area contributed by atoms with Gasteiger partial charge in [0.25, 0.3) is 5.56 Å². The molecule has 1 aromatic carbocycles. The van der Waals surface area contributed by atoms with Crippen LogP contribution in [0.3, 0.4) is 0 Å². The van der Waals surface area contributed by atoms with Crippen molar-refractivity contribution in [2.24, 2.45) is 10.2 Å². The molecule has 1 aliphatic heterocycles. The lowest BCUT2D eigenvalue weighted by molar-refractivity contribution is -0.116. The lowest BCUT2D eigenvalue weighted by Crippen LogP contribution is -2.18. The Kier molecular flexibility index (Phi) is 5.28. The maximum absolute atomic E-state index is 12.1. The molecule has 1 aliphatic rings. The van der Waals surface area contributed by atoms with Gasteiger partial charge in [-0.2, -0.15) is 10.2 Å². The summed E-state index contributed by atoms with van der Waals surface area (Å²) in [6.45, 7) is 0.495. The Balaban J connectivity index is 1.50. The van der Waals surface area contributed by atoms with Crippen molar-refractivity contribution in [2.75, 3.05) is 5.32 Å². The molecule has 0 saturated heterocycles. The van der Waals surface area contributed by atoms with E-state index in [1.807, 2.05) is 30.3 Å². The third-order valence-corrected chi connectivity index (χ3v) is 4.29. The van der Waals surface area contributed by atoms with Crippen LogP contribution in [0.15, 0.2) is 63.7 Å². The SMILES string of the molecule is C#CCCC1(CCC(=O)Nc2ccc(Cn3ccccc3=O)cc2)N=N1. The van der Waals surface area contributed by atoms with Crippen LogP contribution >= 0.6 is 0 Å². The Morgan fingerprint density at radius 1 is 1.15 bits per heavy atom. The van der Waals surface area contributed by atoms with E-state index in [0.29, 0.717) is 32.2 Å². The molecule has 1 amide bonds. The van der Waals surface area contributed by atoms with Crippen molar-refractivity contribution in [3.63, 3.8) is 0 Å². The van der Waals surface area contributed by atoms with Crippen LogP contribution in [0, 0.1) is 12.3 Å². The number of hydrogen-bond donors (Lipinski definition) is 1. The van der Waals surface area contributed by atoms with Gasteiger partial charge in [0, 0.05) is 43.6 Å². The fourth-order valence-corrected chi connectivity index (χ4v) is 2.69. The van der Waals surface area contributed by atoms with E-state index in [9.17, 15) is 9.59 Å². The largest absolute Gasteiger partial charge is 0.326 e. The summed E-state index contributed by atoms with van der Waals surface area (Å²) >= 11 is 0. The van der Waals surface area contributed by atoms with Gasteiger partial charge < -0.3 is 9.88 Å². The van der Waals surface area contributed by atoms with Crippen molar-refractivity contribution in [1.82, 2.24) is 4.57 Å². The molecule has 0 atom stereocenters. The highest BCUT2D eigenvalue weighted by atomic mass is 16.1. The number of nitrogens with zero attached hydrogens (tertiary/aromatic N) is 3. The number of amides is 1. The van der Waals surface area contributed by atoms with Gasteiger partial charge >= 0.3 is 0 Å². The van der Waals surface area contributed by atoms with E-state index in [2.05, 4.69) is 21.5 Å². The highest BCUT2D eigenvalue weighted by molar-refractivity contribution is 5.90. The second-order valence-electron chi connectivity index (χ2n) is 6.30. The Bertz CT molecular complexity index is 900. The summed E-state index contributed by atoms with van der Waals surface area (Å²) in [4.78, 5) is 23.8. The van der Waals surface area contributed by atoms with Gasteiger partial charge in [0.1, 0.15) is 0 Å². The minimum atomic E-state index is -0.434. The highest BCUT2D eigenvalue weighted by Gasteiger charge is 2.39. The van der Waals surface area contributed by atoms with Crippen molar-refractivity contribution in [2.45, 2.75) is 37.9 Å². The van der Waals surface area contributed by atoms with Crippen molar-refractivity contribution in [3.05, 3.63) is 64.6 Å². The molecular formula is C20H20N4O2. The Hall–Kier alpha value is -3.20. The first-order valence-electron chi connectivity index (χ1n) is 8.52. The van der Waals surface area contributed by atoms with Crippen molar-refractivity contribution < 1.29 is 4.79 Å². The summed E-state index contributed by atoms with van der Waals surface area (Å²) in [5.74, 6) is 2.50. The second-order valence-corrected chi connectivity index (χ2v) is 6.30. The molecule has 0 aliphatic carbocycles. The van der Waals surface area contributed by atoms with E-state index in [-0.39, 0.29) is 11.5 Å². The molecular weight excluding hydrogens is 328 g/mol. The fraction of sp³-hybridized carbons (Fsp3) is 0.300. The average molecular weight is 348 g/mol. The van der Waals surface area contributed by atoms with E-state index >= 15 is 0 Å². The molecule has 26 heavy (non-hydrogen) atoms. The zero-order chi connectivity index (χ0) is 18.4. The molecule has 1 aromatic heterocycles. The summed E-state index contributed by atoms with van der Waals surface area (Å²) in [5.41, 5.74) is 1.23. The minimum absolute atomic E-state index is 0.0421. The molecule has 2 aromatic rings. The molecule has 0 bridgehead atoms. The molecule has 3 rings (SSSR count). The van der Waals surface area contributed by atoms with Gasteiger partial charge in [-0.15, -0.1) is 12.3 Å². The van der Waals surface area contributed by atoms with Crippen LogP contribution in [0.1, 0.15) is 31.2 Å². The molecule has 6 heteroatoms. The molecule has 0 spiro atoms.